The summed E-state index contributed by atoms with van der Waals surface area (Å²) in [6.07, 6.45) is 0. The molecule has 4 heteroatoms. The lowest BCUT2D eigenvalue weighted by Gasteiger charge is -2.04. The third-order valence-corrected chi connectivity index (χ3v) is 2.17. The molecule has 1 aromatic carbocycles. The second-order valence-corrected chi connectivity index (χ2v) is 3.49. The Morgan fingerprint density at radius 3 is 2.64 bits per heavy atom. The van der Waals surface area contributed by atoms with Crippen LogP contribution in [0, 0.1) is 0 Å². The Kier molecular flexibility index (Phi) is 2.76. The fourth-order valence-corrected chi connectivity index (χ4v) is 1.68. The van der Waals surface area contributed by atoms with E-state index in [-0.39, 0.29) is 0 Å². The number of nitrogens with two attached hydrogens (primary N) is 2. The van der Waals surface area contributed by atoms with Gasteiger partial charge in [-0.3, -0.25) is 0 Å². The third-order valence-electron chi connectivity index (χ3n) is 1.40. The van der Waals surface area contributed by atoms with Gasteiger partial charge >= 0.3 is 0 Å². The number of hydrogen-bond donors (Lipinski definition) is 2. The molecule has 0 saturated carbocycles. The zero-order valence-corrected chi connectivity index (χ0v) is 8.11. The van der Waals surface area contributed by atoms with Gasteiger partial charge in [-0.05, 0) is 17.7 Å². The van der Waals surface area contributed by atoms with Gasteiger partial charge in [0.15, 0.2) is 0 Å². The highest BCUT2D eigenvalue weighted by Gasteiger charge is 2.02. The van der Waals surface area contributed by atoms with Crippen LogP contribution < -0.4 is 11.5 Å². The summed E-state index contributed by atoms with van der Waals surface area (Å²) in [6.45, 7) is 0.408. The van der Waals surface area contributed by atoms with Gasteiger partial charge in [-0.1, -0.05) is 27.5 Å². The molecule has 0 spiro atoms. The molecule has 0 fully saturated rings. The summed E-state index contributed by atoms with van der Waals surface area (Å²) in [5.74, 6) is 0. The van der Waals surface area contributed by atoms with Gasteiger partial charge < -0.3 is 11.5 Å². The Balaban J connectivity index is 3.24. The van der Waals surface area contributed by atoms with Crippen LogP contribution in [0.1, 0.15) is 5.56 Å². The molecule has 11 heavy (non-hydrogen) atoms. The monoisotopic (exact) mass is 234 g/mol. The van der Waals surface area contributed by atoms with Gasteiger partial charge in [0, 0.05) is 11.0 Å². The van der Waals surface area contributed by atoms with E-state index in [4.69, 9.17) is 23.1 Å². The van der Waals surface area contributed by atoms with Crippen LogP contribution in [0.5, 0.6) is 0 Å². The van der Waals surface area contributed by atoms with Gasteiger partial charge in [-0.25, -0.2) is 0 Å². The largest absolute Gasteiger partial charge is 0.397 e. The van der Waals surface area contributed by atoms with Gasteiger partial charge in [-0.15, -0.1) is 0 Å². The Morgan fingerprint density at radius 1 is 1.45 bits per heavy atom. The second kappa shape index (κ2) is 3.43. The summed E-state index contributed by atoms with van der Waals surface area (Å²) in [4.78, 5) is 0. The molecule has 0 aliphatic heterocycles. The van der Waals surface area contributed by atoms with Crippen molar-refractivity contribution in [2.75, 3.05) is 5.73 Å². The molecular weight excluding hydrogens is 227 g/mol. The number of anilines is 1. The van der Waals surface area contributed by atoms with Crippen LogP contribution in [-0.4, -0.2) is 0 Å². The minimum absolute atomic E-state index is 0.408. The Bertz CT molecular complexity index is 275. The summed E-state index contributed by atoms with van der Waals surface area (Å²) in [6, 6.07) is 3.61. The van der Waals surface area contributed by atoms with Crippen molar-refractivity contribution >= 4 is 33.2 Å². The van der Waals surface area contributed by atoms with E-state index in [0.717, 1.165) is 10.0 Å². The fourth-order valence-electron chi connectivity index (χ4n) is 0.807. The zero-order valence-electron chi connectivity index (χ0n) is 5.77. The van der Waals surface area contributed by atoms with Crippen molar-refractivity contribution in [3.8, 4) is 0 Å². The standard InChI is InChI=1S/C7H8BrClN2/c8-5-1-4(3-10)7(11)6(9)2-5/h1-2H,3,10-11H2. The summed E-state index contributed by atoms with van der Waals surface area (Å²) < 4.78 is 0.900. The fraction of sp³-hybridized carbons (Fsp3) is 0.143. The molecule has 0 saturated heterocycles. The van der Waals surface area contributed by atoms with Crippen molar-refractivity contribution in [1.29, 1.82) is 0 Å². The minimum atomic E-state index is 0.408. The van der Waals surface area contributed by atoms with Crippen LogP contribution in [-0.2, 0) is 6.54 Å². The maximum atomic E-state index is 5.79. The molecule has 1 rings (SSSR count). The lowest BCUT2D eigenvalue weighted by atomic mass is 10.2. The zero-order chi connectivity index (χ0) is 8.43. The van der Waals surface area contributed by atoms with Crippen molar-refractivity contribution < 1.29 is 0 Å². The molecule has 1 aromatic rings. The maximum absolute atomic E-state index is 5.79. The predicted octanol–water partition coefficient (Wildman–Crippen LogP) is 2.14. The van der Waals surface area contributed by atoms with Crippen LogP contribution in [0.15, 0.2) is 16.6 Å². The topological polar surface area (TPSA) is 52.0 Å². The van der Waals surface area contributed by atoms with Gasteiger partial charge in [0.1, 0.15) is 0 Å². The third kappa shape index (κ3) is 1.86. The van der Waals surface area contributed by atoms with Crippen LogP contribution in [0.4, 0.5) is 5.69 Å². The first-order chi connectivity index (χ1) is 5.15. The molecule has 0 radical (unpaired) electrons. The van der Waals surface area contributed by atoms with E-state index < -0.39 is 0 Å². The van der Waals surface area contributed by atoms with E-state index in [1.165, 1.54) is 0 Å². The molecule has 0 atom stereocenters. The van der Waals surface area contributed by atoms with Crippen molar-refractivity contribution in [1.82, 2.24) is 0 Å². The normalized spacial score (nSPS) is 10.1. The number of nitrogen functional groups attached to an aromatic ring is 1. The van der Waals surface area contributed by atoms with Gasteiger partial charge in [-0.2, -0.15) is 0 Å². The van der Waals surface area contributed by atoms with E-state index in [0.29, 0.717) is 17.3 Å². The van der Waals surface area contributed by atoms with E-state index >= 15 is 0 Å². The van der Waals surface area contributed by atoms with Gasteiger partial charge in [0.2, 0.25) is 0 Å². The number of benzene rings is 1. The molecule has 2 nitrogen and oxygen atoms in total. The molecule has 0 bridgehead atoms. The van der Waals surface area contributed by atoms with Crippen molar-refractivity contribution in [2.24, 2.45) is 5.73 Å². The van der Waals surface area contributed by atoms with Crippen molar-refractivity contribution in [2.45, 2.75) is 6.54 Å². The summed E-state index contributed by atoms with van der Waals surface area (Å²) in [5.41, 5.74) is 12.5. The summed E-state index contributed by atoms with van der Waals surface area (Å²) >= 11 is 9.08. The molecule has 60 valence electrons. The molecule has 0 aliphatic rings. The average molecular weight is 236 g/mol. The molecule has 0 heterocycles. The number of hydrogen-bond acceptors (Lipinski definition) is 2. The number of halogens is 2. The molecule has 0 aromatic heterocycles. The highest BCUT2D eigenvalue weighted by atomic mass is 79.9. The van der Waals surface area contributed by atoms with E-state index in [9.17, 15) is 0 Å². The van der Waals surface area contributed by atoms with E-state index in [2.05, 4.69) is 15.9 Å². The first-order valence-electron chi connectivity index (χ1n) is 3.08. The molecule has 4 N–H and O–H groups in total. The molecular formula is C7H8BrClN2. The lowest BCUT2D eigenvalue weighted by molar-refractivity contribution is 1.07. The Hall–Kier alpha value is -0.250. The van der Waals surface area contributed by atoms with Crippen LogP contribution in [0.2, 0.25) is 5.02 Å². The first kappa shape index (κ1) is 8.84. The first-order valence-corrected chi connectivity index (χ1v) is 4.25. The van der Waals surface area contributed by atoms with Crippen molar-refractivity contribution in [3.05, 3.63) is 27.2 Å². The SMILES string of the molecule is NCc1cc(Br)cc(Cl)c1N. The van der Waals surface area contributed by atoms with Crippen LogP contribution in [0.25, 0.3) is 0 Å². The van der Waals surface area contributed by atoms with Gasteiger partial charge in [0.25, 0.3) is 0 Å². The lowest BCUT2D eigenvalue weighted by Crippen LogP contribution is -2.01. The molecule has 0 unspecified atom stereocenters. The smallest absolute Gasteiger partial charge is 0.0649 e. The summed E-state index contributed by atoms with van der Waals surface area (Å²) in [7, 11) is 0. The Labute approximate surface area is 78.6 Å². The second-order valence-electron chi connectivity index (χ2n) is 2.16. The minimum Gasteiger partial charge on any atom is -0.397 e. The predicted molar refractivity (Wildman–Crippen MR) is 51.5 cm³/mol. The van der Waals surface area contributed by atoms with E-state index in [1.807, 2.05) is 6.07 Å². The maximum Gasteiger partial charge on any atom is 0.0649 e. The van der Waals surface area contributed by atoms with Crippen molar-refractivity contribution in [3.63, 3.8) is 0 Å². The molecule has 0 aliphatic carbocycles. The quantitative estimate of drug-likeness (QED) is 0.733. The van der Waals surface area contributed by atoms with Crippen LogP contribution >= 0.6 is 27.5 Å². The summed E-state index contributed by atoms with van der Waals surface area (Å²) in [5, 5.41) is 0.542. The average Bonchev–Trinajstić information content (AvgIpc) is 1.96. The van der Waals surface area contributed by atoms with E-state index in [1.54, 1.807) is 6.07 Å². The molecule has 0 amide bonds. The Morgan fingerprint density at radius 2 is 2.09 bits per heavy atom. The van der Waals surface area contributed by atoms with Crippen LogP contribution in [0.3, 0.4) is 0 Å². The van der Waals surface area contributed by atoms with Gasteiger partial charge in [0.05, 0.1) is 10.7 Å². The highest BCUT2D eigenvalue weighted by Crippen LogP contribution is 2.27. The highest BCUT2D eigenvalue weighted by molar-refractivity contribution is 9.10. The number of rotatable bonds is 1.